The molecule has 2 rings (SSSR count). The van der Waals surface area contributed by atoms with Crippen molar-refractivity contribution in [3.63, 3.8) is 0 Å². The molecule has 0 aliphatic heterocycles. The molecule has 0 aromatic rings. The highest BCUT2D eigenvalue weighted by molar-refractivity contribution is 6.83. The van der Waals surface area contributed by atoms with E-state index < -0.39 is 25.4 Å². The van der Waals surface area contributed by atoms with Gasteiger partial charge in [-0.3, -0.25) is 9.59 Å². The minimum absolute atomic E-state index is 0.0495. The summed E-state index contributed by atoms with van der Waals surface area (Å²) in [6, 6.07) is 0. The maximum Gasteiger partial charge on any atom is 0.324 e. The lowest BCUT2D eigenvalue weighted by Gasteiger charge is -2.33. The summed E-state index contributed by atoms with van der Waals surface area (Å²) in [7, 11) is -1.48. The van der Waals surface area contributed by atoms with E-state index in [4.69, 9.17) is 9.47 Å². The molecule has 1 saturated carbocycles. The van der Waals surface area contributed by atoms with Crippen LogP contribution in [0.25, 0.3) is 0 Å². The Kier molecular flexibility index (Phi) is 6.52. The molecule has 0 spiro atoms. The van der Waals surface area contributed by atoms with Gasteiger partial charge in [0.15, 0.2) is 5.41 Å². The van der Waals surface area contributed by atoms with Crippen molar-refractivity contribution >= 4 is 20.0 Å². The topological polar surface area (TPSA) is 52.6 Å². The second-order valence-electron chi connectivity index (χ2n) is 7.97. The normalized spacial score (nSPS) is 25.2. The first-order valence-corrected chi connectivity index (χ1v) is 13.0. The van der Waals surface area contributed by atoms with Crippen molar-refractivity contribution in [2.45, 2.75) is 52.8 Å². The Hall–Kier alpha value is -1.80. The fraction of sp³-hybridized carbons (Fsp3) is 0.619. The summed E-state index contributed by atoms with van der Waals surface area (Å²) in [4.78, 5) is 25.8. The number of hydrogen-bond donors (Lipinski definition) is 0. The summed E-state index contributed by atoms with van der Waals surface area (Å²) in [5, 5.41) is 0. The van der Waals surface area contributed by atoms with E-state index in [-0.39, 0.29) is 25.0 Å². The van der Waals surface area contributed by atoms with Crippen LogP contribution in [0.2, 0.25) is 19.6 Å². The van der Waals surface area contributed by atoms with Gasteiger partial charge in [0.05, 0.1) is 13.2 Å². The van der Waals surface area contributed by atoms with Crippen LogP contribution in [0.5, 0.6) is 0 Å². The van der Waals surface area contributed by atoms with Crippen LogP contribution in [-0.4, -0.2) is 33.2 Å². The number of carbonyl (C=O) groups is 2. The second-order valence-corrected chi connectivity index (χ2v) is 12.7. The number of esters is 2. The molecule has 0 bridgehead atoms. The number of allylic oxidation sites excluding steroid dienone is 4. The Morgan fingerprint density at radius 3 is 2.38 bits per heavy atom. The van der Waals surface area contributed by atoms with Crippen LogP contribution in [0, 0.1) is 28.7 Å². The highest BCUT2D eigenvalue weighted by Gasteiger charge is 2.62. The van der Waals surface area contributed by atoms with Gasteiger partial charge in [0.25, 0.3) is 0 Å². The molecule has 4 nitrogen and oxygen atoms in total. The second kappa shape index (κ2) is 8.26. The molecule has 0 saturated heterocycles. The predicted molar refractivity (Wildman–Crippen MR) is 105 cm³/mol. The van der Waals surface area contributed by atoms with Gasteiger partial charge in [0, 0.05) is 5.92 Å². The number of ether oxygens (including phenoxy) is 2. The number of carbonyl (C=O) groups excluding carboxylic acids is 2. The van der Waals surface area contributed by atoms with E-state index in [0.29, 0.717) is 6.42 Å². The van der Waals surface area contributed by atoms with E-state index in [1.165, 1.54) is 0 Å². The molecule has 0 N–H and O–H groups in total. The van der Waals surface area contributed by atoms with E-state index in [9.17, 15) is 9.59 Å². The monoisotopic (exact) mass is 374 g/mol. The third-order valence-electron chi connectivity index (χ3n) is 4.95. The zero-order valence-electron chi connectivity index (χ0n) is 16.6. The van der Waals surface area contributed by atoms with Gasteiger partial charge >= 0.3 is 11.9 Å². The molecule has 2 atom stereocenters. The lowest BCUT2D eigenvalue weighted by atomic mass is 9.71. The smallest absolute Gasteiger partial charge is 0.324 e. The predicted octanol–water partition coefficient (Wildman–Crippen LogP) is 3.89. The molecule has 26 heavy (non-hydrogen) atoms. The van der Waals surface area contributed by atoms with Crippen LogP contribution in [0.3, 0.4) is 0 Å². The van der Waals surface area contributed by atoms with Crippen molar-refractivity contribution in [3.05, 3.63) is 23.8 Å². The van der Waals surface area contributed by atoms with Crippen LogP contribution in [0.15, 0.2) is 23.8 Å². The molecular formula is C21H30O4Si. The van der Waals surface area contributed by atoms with E-state index in [2.05, 4.69) is 43.3 Å². The van der Waals surface area contributed by atoms with Crippen molar-refractivity contribution in [2.24, 2.45) is 17.3 Å². The van der Waals surface area contributed by atoms with E-state index in [1.807, 2.05) is 6.08 Å². The van der Waals surface area contributed by atoms with Crippen LogP contribution < -0.4 is 0 Å². The highest BCUT2D eigenvalue weighted by atomic mass is 28.3. The zero-order chi connectivity index (χ0) is 19.4. The lowest BCUT2D eigenvalue weighted by Crippen LogP contribution is -2.46. The average molecular weight is 375 g/mol. The summed E-state index contributed by atoms with van der Waals surface area (Å²) in [6.45, 7) is 10.6. The highest BCUT2D eigenvalue weighted by Crippen LogP contribution is 2.55. The maximum atomic E-state index is 12.9. The average Bonchev–Trinajstić information content (AvgIpc) is 2.90. The SMILES string of the molecule is CCOC(=O)C1(C(=O)OCC)C/C(=C/C#C[Si](C)(C)C)C2C=CCCC21. The molecule has 2 unspecified atom stereocenters. The van der Waals surface area contributed by atoms with Crippen LogP contribution in [-0.2, 0) is 19.1 Å². The molecule has 0 amide bonds. The first-order valence-electron chi connectivity index (χ1n) is 9.49. The Balaban J connectivity index is 2.49. The van der Waals surface area contributed by atoms with Gasteiger partial charge in [-0.25, -0.2) is 0 Å². The number of hydrogen-bond acceptors (Lipinski definition) is 4. The molecule has 0 radical (unpaired) electrons. The number of rotatable bonds is 4. The quantitative estimate of drug-likeness (QED) is 0.246. The van der Waals surface area contributed by atoms with Crippen molar-refractivity contribution in [1.82, 2.24) is 0 Å². The number of fused-ring (bicyclic) bond motifs is 1. The van der Waals surface area contributed by atoms with Crippen LogP contribution >= 0.6 is 0 Å². The summed E-state index contributed by atoms with van der Waals surface area (Å²) in [5.41, 5.74) is 3.13. The van der Waals surface area contributed by atoms with Gasteiger partial charge in [0.1, 0.15) is 8.07 Å². The summed E-state index contributed by atoms with van der Waals surface area (Å²) >= 11 is 0. The van der Waals surface area contributed by atoms with Crippen molar-refractivity contribution in [1.29, 1.82) is 0 Å². The van der Waals surface area contributed by atoms with Gasteiger partial charge < -0.3 is 9.47 Å². The maximum absolute atomic E-state index is 12.9. The Labute approximate surface area is 158 Å². The van der Waals surface area contributed by atoms with Crippen molar-refractivity contribution < 1.29 is 19.1 Å². The van der Waals surface area contributed by atoms with Gasteiger partial charge in [-0.05, 0) is 45.1 Å². The molecule has 0 aromatic heterocycles. The summed E-state index contributed by atoms with van der Waals surface area (Å²) in [6.07, 6.45) is 8.15. The van der Waals surface area contributed by atoms with Gasteiger partial charge in [0.2, 0.25) is 0 Å². The third-order valence-corrected chi connectivity index (χ3v) is 5.84. The van der Waals surface area contributed by atoms with Gasteiger partial charge in [-0.2, -0.15) is 0 Å². The van der Waals surface area contributed by atoms with Gasteiger partial charge in [-0.15, -0.1) is 5.54 Å². The fourth-order valence-electron chi connectivity index (χ4n) is 3.88. The standard InChI is InChI=1S/C21H30O4Si/c1-6-24-19(22)21(20(23)25-7-2)15-16(11-10-14-26(3,4)5)17-12-8-9-13-18(17)21/h8,11-12,17-18H,6-7,9,13,15H2,1-5H3/b16-11-. The van der Waals surface area contributed by atoms with E-state index in [0.717, 1.165) is 18.4 Å². The first-order chi connectivity index (χ1) is 12.3. The Bertz CT molecular complexity index is 654. The minimum Gasteiger partial charge on any atom is -0.465 e. The molecule has 2 aliphatic rings. The molecule has 5 heteroatoms. The van der Waals surface area contributed by atoms with Crippen molar-refractivity contribution in [3.8, 4) is 11.5 Å². The van der Waals surface area contributed by atoms with Crippen LogP contribution in [0.4, 0.5) is 0 Å². The Morgan fingerprint density at radius 2 is 1.85 bits per heavy atom. The molecule has 1 fully saturated rings. The summed E-state index contributed by atoms with van der Waals surface area (Å²) in [5.74, 6) is 2.21. The largest absolute Gasteiger partial charge is 0.465 e. The van der Waals surface area contributed by atoms with E-state index in [1.54, 1.807) is 13.8 Å². The molecule has 142 valence electrons. The first kappa shape index (κ1) is 20.5. The molecule has 0 heterocycles. The molecule has 2 aliphatic carbocycles. The van der Waals surface area contributed by atoms with E-state index >= 15 is 0 Å². The van der Waals surface area contributed by atoms with Gasteiger partial charge in [-0.1, -0.05) is 43.3 Å². The molecule has 0 aromatic carbocycles. The van der Waals surface area contributed by atoms with Crippen LogP contribution in [0.1, 0.15) is 33.1 Å². The minimum atomic E-state index is -1.48. The molecular weight excluding hydrogens is 344 g/mol. The third kappa shape index (κ3) is 4.12. The summed E-state index contributed by atoms with van der Waals surface area (Å²) < 4.78 is 10.7. The fourth-order valence-corrected chi connectivity index (χ4v) is 4.39. The Morgan fingerprint density at radius 1 is 1.23 bits per heavy atom. The zero-order valence-corrected chi connectivity index (χ0v) is 17.6. The van der Waals surface area contributed by atoms with Crippen molar-refractivity contribution in [2.75, 3.05) is 13.2 Å². The lowest BCUT2D eigenvalue weighted by molar-refractivity contribution is -0.175.